The molecular weight excluding hydrogens is 318 g/mol. The molecule has 0 bridgehead atoms. The van der Waals surface area contributed by atoms with Crippen LogP contribution in [0.2, 0.25) is 0 Å². The Morgan fingerprint density at radius 3 is 2.56 bits per heavy atom. The lowest BCUT2D eigenvalue weighted by Gasteiger charge is -2.04. The highest BCUT2D eigenvalue weighted by Gasteiger charge is 2.11. The van der Waals surface area contributed by atoms with Gasteiger partial charge in [0.15, 0.2) is 0 Å². The highest BCUT2D eigenvalue weighted by atomic mass is 16.5. The molecule has 0 radical (unpaired) electrons. The molecule has 0 spiro atoms. The van der Waals surface area contributed by atoms with E-state index in [0.717, 1.165) is 11.3 Å². The molecular formula is C18H19N5O2. The minimum absolute atomic E-state index is 0.244. The van der Waals surface area contributed by atoms with E-state index in [0.29, 0.717) is 36.2 Å². The fraction of sp³-hybridized carbons (Fsp3) is 0.278. The Hall–Kier alpha value is -3.09. The third-order valence-electron chi connectivity index (χ3n) is 3.60. The molecule has 0 saturated carbocycles. The van der Waals surface area contributed by atoms with Crippen LogP contribution in [0.15, 0.2) is 34.9 Å². The first-order valence-corrected chi connectivity index (χ1v) is 8.01. The largest absolute Gasteiger partial charge is 0.350 e. The minimum atomic E-state index is -0.244. The lowest BCUT2D eigenvalue weighted by Crippen LogP contribution is -2.27. The van der Waals surface area contributed by atoms with Crippen molar-refractivity contribution in [1.29, 1.82) is 0 Å². The Morgan fingerprint density at radius 1 is 1.08 bits per heavy atom. The van der Waals surface area contributed by atoms with Gasteiger partial charge in [-0.05, 0) is 26.8 Å². The molecule has 0 aliphatic carbocycles. The number of carbonyl (C=O) groups is 1. The summed E-state index contributed by atoms with van der Waals surface area (Å²) >= 11 is 0. The number of aromatic nitrogens is 4. The molecule has 0 saturated heterocycles. The molecule has 7 nitrogen and oxygen atoms in total. The number of hydrogen-bond donors (Lipinski definition) is 1. The van der Waals surface area contributed by atoms with Gasteiger partial charge in [-0.3, -0.25) is 4.79 Å². The Kier molecular flexibility index (Phi) is 4.83. The highest BCUT2D eigenvalue weighted by molar-refractivity contribution is 5.92. The molecule has 0 fully saturated rings. The average Bonchev–Trinajstić information content (AvgIpc) is 3.03. The summed E-state index contributed by atoms with van der Waals surface area (Å²) in [6.07, 6.45) is 0.452. The molecule has 1 N–H and O–H groups in total. The van der Waals surface area contributed by atoms with Gasteiger partial charge in [0.25, 0.3) is 5.91 Å². The minimum Gasteiger partial charge on any atom is -0.350 e. The lowest BCUT2D eigenvalue weighted by molar-refractivity contribution is 0.0948. The van der Waals surface area contributed by atoms with E-state index >= 15 is 0 Å². The van der Waals surface area contributed by atoms with Crippen LogP contribution >= 0.6 is 0 Å². The summed E-state index contributed by atoms with van der Waals surface area (Å²) in [6, 6.07) is 9.55. The van der Waals surface area contributed by atoms with E-state index in [2.05, 4.69) is 25.4 Å². The van der Waals surface area contributed by atoms with Crippen molar-refractivity contribution in [2.24, 2.45) is 0 Å². The zero-order valence-electron chi connectivity index (χ0n) is 14.4. The molecule has 2 heterocycles. The van der Waals surface area contributed by atoms with E-state index in [1.807, 2.05) is 38.1 Å². The van der Waals surface area contributed by atoms with Crippen molar-refractivity contribution in [2.75, 3.05) is 6.54 Å². The van der Waals surface area contributed by atoms with Crippen LogP contribution in [-0.2, 0) is 6.42 Å². The van der Waals surface area contributed by atoms with E-state index in [9.17, 15) is 4.79 Å². The number of benzene rings is 1. The second-order valence-electron chi connectivity index (χ2n) is 5.83. The monoisotopic (exact) mass is 337 g/mol. The standard InChI is InChI=1S/C18H19N5O2/c1-11-4-6-14(7-5-11)17-22-16(25-23-17)8-9-19-18(24)15-10-12(2)20-13(3)21-15/h4-7,10H,8-9H2,1-3H3,(H,19,24). The second-order valence-corrected chi connectivity index (χ2v) is 5.83. The van der Waals surface area contributed by atoms with Crippen molar-refractivity contribution in [2.45, 2.75) is 27.2 Å². The summed E-state index contributed by atoms with van der Waals surface area (Å²) in [5.41, 5.74) is 3.19. The summed E-state index contributed by atoms with van der Waals surface area (Å²) in [4.78, 5) is 24.8. The fourth-order valence-electron chi connectivity index (χ4n) is 2.38. The summed E-state index contributed by atoms with van der Waals surface area (Å²) in [5, 5.41) is 6.78. The summed E-state index contributed by atoms with van der Waals surface area (Å²) in [7, 11) is 0. The molecule has 25 heavy (non-hydrogen) atoms. The van der Waals surface area contributed by atoms with E-state index in [-0.39, 0.29) is 5.91 Å². The molecule has 3 rings (SSSR count). The first-order valence-electron chi connectivity index (χ1n) is 8.01. The van der Waals surface area contributed by atoms with Gasteiger partial charge in [0.05, 0.1) is 0 Å². The van der Waals surface area contributed by atoms with Crippen molar-refractivity contribution in [3.8, 4) is 11.4 Å². The van der Waals surface area contributed by atoms with Crippen molar-refractivity contribution >= 4 is 5.91 Å². The van der Waals surface area contributed by atoms with Crippen LogP contribution in [-0.4, -0.2) is 32.6 Å². The Morgan fingerprint density at radius 2 is 1.84 bits per heavy atom. The van der Waals surface area contributed by atoms with Gasteiger partial charge in [0, 0.05) is 24.2 Å². The summed E-state index contributed by atoms with van der Waals surface area (Å²) < 4.78 is 5.24. The smallest absolute Gasteiger partial charge is 0.270 e. The van der Waals surface area contributed by atoms with Crippen LogP contribution in [0.3, 0.4) is 0 Å². The van der Waals surface area contributed by atoms with Gasteiger partial charge in [0.2, 0.25) is 11.7 Å². The SMILES string of the molecule is Cc1ccc(-c2noc(CCNC(=O)c3cc(C)nc(C)n3)n2)cc1. The van der Waals surface area contributed by atoms with E-state index in [1.54, 1.807) is 13.0 Å². The van der Waals surface area contributed by atoms with E-state index < -0.39 is 0 Å². The molecule has 2 aromatic heterocycles. The zero-order valence-corrected chi connectivity index (χ0v) is 14.4. The third-order valence-corrected chi connectivity index (χ3v) is 3.60. The first-order chi connectivity index (χ1) is 12.0. The summed E-state index contributed by atoms with van der Waals surface area (Å²) in [5.74, 6) is 1.35. The summed E-state index contributed by atoms with van der Waals surface area (Å²) in [6.45, 7) is 6.00. The van der Waals surface area contributed by atoms with Gasteiger partial charge in [-0.25, -0.2) is 9.97 Å². The van der Waals surface area contributed by atoms with Crippen LogP contribution in [0.1, 0.15) is 33.5 Å². The van der Waals surface area contributed by atoms with Crippen LogP contribution in [0.5, 0.6) is 0 Å². The van der Waals surface area contributed by atoms with Gasteiger partial charge in [-0.15, -0.1) is 0 Å². The molecule has 1 amide bonds. The number of carbonyl (C=O) groups excluding carboxylic acids is 1. The molecule has 0 atom stereocenters. The molecule has 7 heteroatoms. The maximum absolute atomic E-state index is 12.1. The molecule has 0 unspecified atom stereocenters. The Balaban J connectivity index is 1.57. The number of rotatable bonds is 5. The molecule has 0 aliphatic rings. The van der Waals surface area contributed by atoms with Gasteiger partial charge in [-0.2, -0.15) is 4.98 Å². The fourth-order valence-corrected chi connectivity index (χ4v) is 2.38. The van der Waals surface area contributed by atoms with Gasteiger partial charge in [-0.1, -0.05) is 35.0 Å². The Bertz CT molecular complexity index is 866. The molecule has 0 aliphatic heterocycles. The Labute approximate surface area is 145 Å². The molecule has 128 valence electrons. The molecule has 1 aromatic carbocycles. The topological polar surface area (TPSA) is 93.8 Å². The van der Waals surface area contributed by atoms with Crippen molar-refractivity contribution in [1.82, 2.24) is 25.4 Å². The van der Waals surface area contributed by atoms with Crippen molar-refractivity contribution in [3.05, 3.63) is 59.0 Å². The predicted octanol–water partition coefficient (Wildman–Crippen LogP) is 2.42. The predicted molar refractivity (Wildman–Crippen MR) is 92.0 cm³/mol. The van der Waals surface area contributed by atoms with E-state index in [1.165, 1.54) is 5.56 Å². The highest BCUT2D eigenvalue weighted by Crippen LogP contribution is 2.16. The third kappa shape index (κ3) is 4.26. The number of hydrogen-bond acceptors (Lipinski definition) is 6. The molecule has 3 aromatic rings. The maximum Gasteiger partial charge on any atom is 0.270 e. The number of nitrogens with one attached hydrogen (secondary N) is 1. The first kappa shape index (κ1) is 16.8. The van der Waals surface area contributed by atoms with Crippen LogP contribution in [0.25, 0.3) is 11.4 Å². The van der Waals surface area contributed by atoms with Gasteiger partial charge < -0.3 is 9.84 Å². The number of nitrogens with zero attached hydrogens (tertiary/aromatic N) is 4. The second kappa shape index (κ2) is 7.21. The van der Waals surface area contributed by atoms with Gasteiger partial charge in [0.1, 0.15) is 11.5 Å². The van der Waals surface area contributed by atoms with Crippen LogP contribution < -0.4 is 5.32 Å². The lowest BCUT2D eigenvalue weighted by atomic mass is 10.1. The normalized spacial score (nSPS) is 10.7. The van der Waals surface area contributed by atoms with Crippen LogP contribution in [0.4, 0.5) is 0 Å². The van der Waals surface area contributed by atoms with Crippen LogP contribution in [0, 0.1) is 20.8 Å². The quantitative estimate of drug-likeness (QED) is 0.768. The van der Waals surface area contributed by atoms with Gasteiger partial charge >= 0.3 is 0 Å². The maximum atomic E-state index is 12.1. The van der Waals surface area contributed by atoms with E-state index in [4.69, 9.17) is 4.52 Å². The average molecular weight is 337 g/mol. The number of aryl methyl sites for hydroxylation is 3. The van der Waals surface area contributed by atoms with Crippen molar-refractivity contribution < 1.29 is 9.32 Å². The van der Waals surface area contributed by atoms with Crippen molar-refractivity contribution in [3.63, 3.8) is 0 Å². The zero-order chi connectivity index (χ0) is 17.8. The number of amides is 1.